The van der Waals surface area contributed by atoms with Gasteiger partial charge in [-0.15, -0.1) is 0 Å². The van der Waals surface area contributed by atoms with Crippen LogP contribution < -0.4 is 0 Å². The van der Waals surface area contributed by atoms with E-state index < -0.39 is 11.4 Å². The van der Waals surface area contributed by atoms with Crippen LogP contribution in [0.1, 0.15) is 0 Å². The van der Waals surface area contributed by atoms with E-state index in [1.54, 1.807) is 0 Å². The third kappa shape index (κ3) is 17600. The zero-order valence-corrected chi connectivity index (χ0v) is 4.32. The van der Waals surface area contributed by atoms with Crippen molar-refractivity contribution in [2.45, 2.75) is 0 Å². The second-order valence-corrected chi connectivity index (χ2v) is 0.692. The molecule has 7 nitrogen and oxygen atoms in total. The molecule has 0 spiro atoms. The monoisotopic (exact) mass is 150 g/mol. The van der Waals surface area contributed by atoms with Gasteiger partial charge in [-0.25, -0.2) is 0 Å². The molecule has 0 aromatic heterocycles. The highest BCUT2D eigenvalue weighted by molar-refractivity contribution is 7.73. The van der Waals surface area contributed by atoms with Crippen LogP contribution in [0.25, 0.3) is 0 Å². The first-order valence-electron chi connectivity index (χ1n) is 0.932. The van der Waals surface area contributed by atoms with E-state index in [1.165, 1.54) is 0 Å². The van der Waals surface area contributed by atoms with Gasteiger partial charge in [0.1, 0.15) is 0 Å². The van der Waals surface area contributed by atoms with E-state index in [9.17, 15) is 0 Å². The fraction of sp³-hybridized carbons (Fsp3) is 0. The van der Waals surface area contributed by atoms with Crippen molar-refractivity contribution in [2.24, 2.45) is 0 Å². The fourth-order valence-corrected chi connectivity index (χ4v) is 0. The molecule has 54 valence electrons. The van der Waals surface area contributed by atoms with Gasteiger partial charge in [-0.1, -0.05) is 0 Å². The lowest BCUT2D eigenvalue weighted by Gasteiger charge is -1.59. The van der Waals surface area contributed by atoms with Gasteiger partial charge in [-0.2, -0.15) is 4.21 Å². The second-order valence-electron chi connectivity index (χ2n) is 0.231. The molecule has 0 aliphatic rings. The molecule has 0 radical (unpaired) electrons. The molecule has 0 bridgehead atoms. The van der Waals surface area contributed by atoms with E-state index in [0.717, 1.165) is 0 Å². The van der Waals surface area contributed by atoms with Gasteiger partial charge in [0.2, 0.25) is 0 Å². The van der Waals surface area contributed by atoms with Crippen LogP contribution in [-0.4, -0.2) is 34.3 Å². The Kier molecular flexibility index (Phi) is 55.8. The van der Waals surface area contributed by atoms with E-state index in [1.807, 2.05) is 0 Å². The first-order chi connectivity index (χ1) is 3.73. The summed E-state index contributed by atoms with van der Waals surface area (Å²) in [6.07, 6.45) is 0. The van der Waals surface area contributed by atoms with Crippen molar-refractivity contribution in [1.29, 1.82) is 0 Å². The van der Waals surface area contributed by atoms with E-state index in [-0.39, 0.29) is 0 Å². The van der Waals surface area contributed by atoms with Gasteiger partial charge >= 0.3 is 0 Å². The van der Waals surface area contributed by atoms with Crippen LogP contribution in [-0.2, 0) is 11.4 Å². The molecular weight excluding hydrogens is 144 g/mol. The molecule has 0 saturated carbocycles. The van der Waals surface area contributed by atoms with Crippen molar-refractivity contribution in [2.75, 3.05) is 0 Å². The topological polar surface area (TPSA) is 138 Å². The number of rotatable bonds is 0. The minimum Gasteiger partial charge on any atom is -0.284 e. The highest BCUT2D eigenvalue weighted by atomic mass is 32.2. The Morgan fingerprint density at radius 1 is 0.875 bits per heavy atom. The first kappa shape index (κ1) is 15.7. The lowest BCUT2D eigenvalue weighted by atomic mass is 15.0. The molecule has 0 saturated heterocycles. The van der Waals surface area contributed by atoms with Gasteiger partial charge in [0, 0.05) is 0 Å². The lowest BCUT2D eigenvalue weighted by molar-refractivity contribution is -0.176. The molecule has 0 fully saturated rings. The molecule has 8 heavy (non-hydrogen) atoms. The van der Waals surface area contributed by atoms with Crippen LogP contribution in [0.2, 0.25) is 0 Å². The molecule has 8 heteroatoms. The number of hydrogen-bond donors (Lipinski definition) is 6. The van der Waals surface area contributed by atoms with Gasteiger partial charge in [0.25, 0.3) is 11.4 Å². The fourth-order valence-electron chi connectivity index (χ4n) is 0. The largest absolute Gasteiger partial charge is 0.299 e. The van der Waals surface area contributed by atoms with Gasteiger partial charge in [-0.05, 0) is 0 Å². The average molecular weight is 150 g/mol. The smallest absolute Gasteiger partial charge is 0.284 e. The summed E-state index contributed by atoms with van der Waals surface area (Å²) in [5, 5.41) is 24.0. The summed E-state index contributed by atoms with van der Waals surface area (Å²) < 4.78 is 22.8. The summed E-state index contributed by atoms with van der Waals surface area (Å²) >= 11 is -2.61. The van der Waals surface area contributed by atoms with Crippen molar-refractivity contribution in [1.82, 2.24) is 0 Å². The standard InChI is InChI=1S/H2O3S.2H2O2/c1-4(2)3;2*1-2/h(H2,1,2,3);2*1-2H. The van der Waals surface area contributed by atoms with Crippen LogP contribution in [0.15, 0.2) is 0 Å². The maximum Gasteiger partial charge on any atom is 0.299 e. The van der Waals surface area contributed by atoms with Crippen molar-refractivity contribution in [3.63, 3.8) is 0 Å². The zero-order valence-electron chi connectivity index (χ0n) is 3.50. The van der Waals surface area contributed by atoms with Crippen molar-refractivity contribution >= 4 is 11.4 Å². The lowest BCUT2D eigenvalue weighted by Crippen LogP contribution is -1.74. The van der Waals surface area contributed by atoms with Gasteiger partial charge in [0.05, 0.1) is 0 Å². The van der Waals surface area contributed by atoms with Gasteiger partial charge in [-0.3, -0.25) is 30.1 Å². The average Bonchev–Trinajstić information content (AvgIpc) is 1.75. The Labute approximate surface area is 46.8 Å². The highest BCUT2D eigenvalue weighted by Crippen LogP contribution is 1.44. The first-order valence-corrected chi connectivity index (χ1v) is 2.00. The van der Waals surface area contributed by atoms with E-state index in [4.69, 9.17) is 34.3 Å². The summed E-state index contributed by atoms with van der Waals surface area (Å²) in [7, 11) is 0. The zero-order chi connectivity index (χ0) is 7.58. The van der Waals surface area contributed by atoms with Crippen molar-refractivity contribution in [3.8, 4) is 0 Å². The van der Waals surface area contributed by atoms with Gasteiger partial charge in [0.15, 0.2) is 0 Å². The summed E-state index contributed by atoms with van der Waals surface area (Å²) in [6.45, 7) is 0. The maximum absolute atomic E-state index is 8.67. The van der Waals surface area contributed by atoms with E-state index in [2.05, 4.69) is 0 Å². The molecule has 0 rings (SSSR count). The minimum absolute atomic E-state index is 2.61. The predicted octanol–water partition coefficient (Wildman–Crippen LogP) is -0.284. The molecule has 0 aromatic carbocycles. The van der Waals surface area contributed by atoms with Crippen LogP contribution in [0, 0.1) is 0 Å². The highest BCUT2D eigenvalue weighted by Gasteiger charge is 1.62. The maximum atomic E-state index is 8.67. The summed E-state index contributed by atoms with van der Waals surface area (Å²) in [4.78, 5) is 0. The molecular formula is H6O7S. The molecule has 0 atom stereocenters. The van der Waals surface area contributed by atoms with Crippen LogP contribution in [0.5, 0.6) is 0 Å². The minimum atomic E-state index is -2.61. The summed E-state index contributed by atoms with van der Waals surface area (Å²) in [5.41, 5.74) is 0. The Bertz CT molecular complexity index is 27.4. The number of hydrogen-bond acceptors (Lipinski definition) is 5. The van der Waals surface area contributed by atoms with Crippen molar-refractivity contribution < 1.29 is 34.3 Å². The predicted molar refractivity (Wildman–Crippen MR) is 23.9 cm³/mol. The molecule has 0 heterocycles. The van der Waals surface area contributed by atoms with Crippen LogP contribution in [0.4, 0.5) is 0 Å². The van der Waals surface area contributed by atoms with Crippen molar-refractivity contribution in [3.05, 3.63) is 0 Å². The Hall–Kier alpha value is -0.0900. The van der Waals surface area contributed by atoms with E-state index >= 15 is 0 Å². The molecule has 0 aliphatic heterocycles. The molecule has 0 aromatic rings. The molecule has 0 unspecified atom stereocenters. The SMILES string of the molecule is O=S(O)O.OO.OO. The second kappa shape index (κ2) is 28.5. The Morgan fingerprint density at radius 2 is 0.875 bits per heavy atom. The Morgan fingerprint density at radius 3 is 0.875 bits per heavy atom. The van der Waals surface area contributed by atoms with Crippen LogP contribution in [0.3, 0.4) is 0 Å². The third-order valence-corrected chi connectivity index (χ3v) is 0. The van der Waals surface area contributed by atoms with Crippen LogP contribution >= 0.6 is 0 Å². The molecule has 0 aliphatic carbocycles. The third-order valence-electron chi connectivity index (χ3n) is 0. The quantitative estimate of drug-likeness (QED) is 0.158. The van der Waals surface area contributed by atoms with Gasteiger partial charge < -0.3 is 0 Å². The summed E-state index contributed by atoms with van der Waals surface area (Å²) in [6, 6.07) is 0. The summed E-state index contributed by atoms with van der Waals surface area (Å²) in [5.74, 6) is 0. The normalized spacial score (nSPS) is 5.88. The van der Waals surface area contributed by atoms with E-state index in [0.29, 0.717) is 0 Å². The molecule has 0 amide bonds. The Balaban J connectivity index is -0.0000000542. The molecule has 6 N–H and O–H groups in total.